The van der Waals surface area contributed by atoms with Crippen molar-refractivity contribution in [2.24, 2.45) is 0 Å². The molecule has 18 heavy (non-hydrogen) atoms. The third-order valence-corrected chi connectivity index (χ3v) is 3.88. The van der Waals surface area contributed by atoms with Crippen LogP contribution in [0.3, 0.4) is 0 Å². The lowest BCUT2D eigenvalue weighted by Gasteiger charge is -2.22. The lowest BCUT2D eigenvalue weighted by Crippen LogP contribution is -2.05. The second kappa shape index (κ2) is 6.58. The molecular weight excluding hydrogens is 224 g/mol. The molecule has 0 bridgehead atoms. The molecule has 0 radical (unpaired) electrons. The van der Waals surface area contributed by atoms with Crippen molar-refractivity contribution < 1.29 is 9.90 Å². The minimum Gasteiger partial charge on any atom is -0.481 e. The van der Waals surface area contributed by atoms with E-state index in [0.29, 0.717) is 0 Å². The van der Waals surface area contributed by atoms with Gasteiger partial charge in [0.15, 0.2) is 0 Å². The maximum atomic E-state index is 10.5. The van der Waals surface area contributed by atoms with Gasteiger partial charge in [0.2, 0.25) is 0 Å². The Morgan fingerprint density at radius 1 is 1.22 bits per heavy atom. The maximum Gasteiger partial charge on any atom is 0.303 e. The molecule has 1 aromatic carbocycles. The van der Waals surface area contributed by atoms with Crippen molar-refractivity contribution in [3.63, 3.8) is 0 Å². The van der Waals surface area contributed by atoms with Crippen LogP contribution in [0.2, 0.25) is 0 Å². The molecule has 0 amide bonds. The van der Waals surface area contributed by atoms with Crippen LogP contribution in [0.1, 0.15) is 62.0 Å². The predicted molar refractivity (Wildman–Crippen MR) is 72.8 cm³/mol. The molecule has 98 valence electrons. The highest BCUT2D eigenvalue weighted by molar-refractivity contribution is 5.66. The predicted octanol–water partition coefficient (Wildman–Crippen LogP) is 4.14. The average molecular weight is 246 g/mol. The van der Waals surface area contributed by atoms with Gasteiger partial charge in [0.25, 0.3) is 0 Å². The van der Waals surface area contributed by atoms with E-state index in [9.17, 15) is 4.79 Å². The minimum atomic E-state index is -0.696. The summed E-state index contributed by atoms with van der Waals surface area (Å²) in [6.45, 7) is 0. The quantitative estimate of drug-likeness (QED) is 0.847. The molecule has 1 fully saturated rings. The van der Waals surface area contributed by atoms with Crippen molar-refractivity contribution in [2.45, 2.75) is 57.3 Å². The normalized spacial score (nSPS) is 16.7. The van der Waals surface area contributed by atoms with Gasteiger partial charge in [-0.3, -0.25) is 4.79 Å². The summed E-state index contributed by atoms with van der Waals surface area (Å²) in [5.41, 5.74) is 2.75. The second-order valence-electron chi connectivity index (χ2n) is 5.33. The lowest BCUT2D eigenvalue weighted by molar-refractivity contribution is -0.137. The van der Waals surface area contributed by atoms with Crippen LogP contribution in [0, 0.1) is 0 Å². The molecule has 1 saturated carbocycles. The smallest absolute Gasteiger partial charge is 0.303 e. The molecule has 1 aliphatic rings. The molecule has 2 heteroatoms. The molecule has 0 aromatic heterocycles. The molecule has 2 rings (SSSR count). The van der Waals surface area contributed by atoms with Crippen LogP contribution in [0.15, 0.2) is 24.3 Å². The van der Waals surface area contributed by atoms with Crippen LogP contribution < -0.4 is 0 Å². The molecule has 1 aromatic rings. The Hall–Kier alpha value is -1.31. The zero-order valence-electron chi connectivity index (χ0n) is 10.9. The number of hydrogen-bond donors (Lipinski definition) is 1. The molecule has 0 atom stereocenters. The van der Waals surface area contributed by atoms with E-state index in [-0.39, 0.29) is 6.42 Å². The fraction of sp³-hybridized carbons (Fsp3) is 0.562. The van der Waals surface area contributed by atoms with Crippen LogP contribution in [-0.4, -0.2) is 11.1 Å². The zero-order valence-corrected chi connectivity index (χ0v) is 10.9. The fourth-order valence-corrected chi connectivity index (χ4v) is 2.88. The third-order valence-electron chi connectivity index (χ3n) is 3.88. The van der Waals surface area contributed by atoms with Crippen molar-refractivity contribution in [2.75, 3.05) is 0 Å². The number of aliphatic carboxylic acids is 1. The van der Waals surface area contributed by atoms with Crippen molar-refractivity contribution in [1.29, 1.82) is 0 Å². The first-order valence-corrected chi connectivity index (χ1v) is 7.06. The first-order valence-electron chi connectivity index (χ1n) is 7.06. The van der Waals surface area contributed by atoms with Gasteiger partial charge in [-0.1, -0.05) is 43.5 Å². The van der Waals surface area contributed by atoms with Crippen LogP contribution in [0.25, 0.3) is 0 Å². The molecule has 0 aliphatic heterocycles. The molecule has 0 heterocycles. The zero-order chi connectivity index (χ0) is 12.8. The van der Waals surface area contributed by atoms with Crippen molar-refractivity contribution in [3.8, 4) is 0 Å². The highest BCUT2D eigenvalue weighted by Crippen LogP contribution is 2.32. The molecule has 0 spiro atoms. The van der Waals surface area contributed by atoms with Crippen molar-refractivity contribution in [3.05, 3.63) is 35.4 Å². The van der Waals surface area contributed by atoms with Gasteiger partial charge >= 0.3 is 5.97 Å². The summed E-state index contributed by atoms with van der Waals surface area (Å²) in [5.74, 6) is 0.0385. The van der Waals surface area contributed by atoms with E-state index in [0.717, 1.165) is 18.8 Å². The molecule has 1 N–H and O–H groups in total. The number of hydrogen-bond acceptors (Lipinski definition) is 1. The van der Waals surface area contributed by atoms with Gasteiger partial charge in [-0.05, 0) is 42.7 Å². The molecule has 0 saturated heterocycles. The van der Waals surface area contributed by atoms with Gasteiger partial charge in [0.1, 0.15) is 0 Å². The van der Waals surface area contributed by atoms with Crippen LogP contribution in [0.4, 0.5) is 0 Å². The van der Waals surface area contributed by atoms with E-state index in [1.54, 1.807) is 0 Å². The summed E-state index contributed by atoms with van der Waals surface area (Å²) >= 11 is 0. The maximum absolute atomic E-state index is 10.5. The first-order chi connectivity index (χ1) is 8.75. The summed E-state index contributed by atoms with van der Waals surface area (Å²) in [6, 6.07) is 8.77. The average Bonchev–Trinajstić information content (AvgIpc) is 2.40. The summed E-state index contributed by atoms with van der Waals surface area (Å²) in [6.07, 6.45) is 8.62. The number of aryl methyl sites for hydroxylation is 1. The van der Waals surface area contributed by atoms with Crippen molar-refractivity contribution >= 4 is 5.97 Å². The number of carboxylic acid groups (broad SMARTS) is 1. The van der Waals surface area contributed by atoms with Gasteiger partial charge < -0.3 is 5.11 Å². The van der Waals surface area contributed by atoms with Crippen LogP contribution in [0.5, 0.6) is 0 Å². The topological polar surface area (TPSA) is 37.3 Å². The van der Waals surface area contributed by atoms with Crippen LogP contribution in [-0.2, 0) is 11.2 Å². The van der Waals surface area contributed by atoms with E-state index < -0.39 is 5.97 Å². The Balaban J connectivity index is 1.93. The van der Waals surface area contributed by atoms with E-state index in [1.807, 2.05) is 0 Å². The number of benzene rings is 1. The minimum absolute atomic E-state index is 0.271. The number of carboxylic acids is 1. The Kier molecular flexibility index (Phi) is 4.80. The van der Waals surface area contributed by atoms with Gasteiger partial charge in [0.05, 0.1) is 0 Å². The highest BCUT2D eigenvalue weighted by Gasteiger charge is 2.15. The SMILES string of the molecule is O=C(O)CCCc1cccc(C2CCCCC2)c1. The summed E-state index contributed by atoms with van der Waals surface area (Å²) < 4.78 is 0. The molecule has 2 nitrogen and oxygen atoms in total. The molecule has 0 unspecified atom stereocenters. The molecular formula is C16H22O2. The van der Waals surface area contributed by atoms with E-state index in [2.05, 4.69) is 24.3 Å². The fourth-order valence-electron chi connectivity index (χ4n) is 2.88. The number of rotatable bonds is 5. The van der Waals surface area contributed by atoms with Crippen molar-refractivity contribution in [1.82, 2.24) is 0 Å². The Labute approximate surface area is 109 Å². The van der Waals surface area contributed by atoms with E-state index >= 15 is 0 Å². The first kappa shape index (κ1) is 13.1. The van der Waals surface area contributed by atoms with Gasteiger partial charge in [-0.2, -0.15) is 0 Å². The summed E-state index contributed by atoms with van der Waals surface area (Å²) in [5, 5.41) is 8.65. The van der Waals surface area contributed by atoms with E-state index in [4.69, 9.17) is 5.11 Å². The molecule has 1 aliphatic carbocycles. The standard InChI is InChI=1S/C16H22O2/c17-16(18)11-5-7-13-6-4-10-15(12-13)14-8-2-1-3-9-14/h4,6,10,12,14H,1-3,5,7-9,11H2,(H,17,18). The van der Waals surface area contributed by atoms with Gasteiger partial charge in [-0.15, -0.1) is 0 Å². The van der Waals surface area contributed by atoms with Crippen LogP contribution >= 0.6 is 0 Å². The monoisotopic (exact) mass is 246 g/mol. The number of carbonyl (C=O) groups is 1. The Morgan fingerprint density at radius 2 is 2.00 bits per heavy atom. The van der Waals surface area contributed by atoms with Gasteiger partial charge in [-0.25, -0.2) is 0 Å². The second-order valence-corrected chi connectivity index (χ2v) is 5.33. The van der Waals surface area contributed by atoms with E-state index in [1.165, 1.54) is 43.2 Å². The largest absolute Gasteiger partial charge is 0.481 e. The highest BCUT2D eigenvalue weighted by atomic mass is 16.4. The third kappa shape index (κ3) is 3.86. The lowest BCUT2D eigenvalue weighted by atomic mass is 9.83. The summed E-state index contributed by atoms with van der Waals surface area (Å²) in [7, 11) is 0. The Morgan fingerprint density at radius 3 is 2.72 bits per heavy atom. The summed E-state index contributed by atoms with van der Waals surface area (Å²) in [4.78, 5) is 10.5. The Bertz CT molecular complexity index is 392. The van der Waals surface area contributed by atoms with Gasteiger partial charge in [0, 0.05) is 6.42 Å².